The predicted octanol–water partition coefficient (Wildman–Crippen LogP) is 7.17. The summed E-state index contributed by atoms with van der Waals surface area (Å²) in [6, 6.07) is 17.1. The largest absolute Gasteiger partial charge is 0.483 e. The van der Waals surface area contributed by atoms with E-state index in [2.05, 4.69) is 61.3 Å². The third kappa shape index (κ3) is 9.57. The Hall–Kier alpha value is -3.44. The van der Waals surface area contributed by atoms with Crippen LogP contribution < -0.4 is 10.2 Å². The number of carboxylic acid groups (broad SMARTS) is 1. The lowest BCUT2D eigenvalue weighted by atomic mass is 9.96. The van der Waals surface area contributed by atoms with E-state index in [-0.39, 0.29) is 12.4 Å². The van der Waals surface area contributed by atoms with E-state index in [1.807, 2.05) is 24.0 Å². The van der Waals surface area contributed by atoms with Crippen LogP contribution in [0.3, 0.4) is 0 Å². The topological polar surface area (TPSA) is 69.6 Å². The van der Waals surface area contributed by atoms with Gasteiger partial charge in [0, 0.05) is 5.69 Å². The van der Waals surface area contributed by atoms with Gasteiger partial charge < -0.3 is 15.3 Å². The summed E-state index contributed by atoms with van der Waals surface area (Å²) in [5.74, 6) is -9.16. The summed E-state index contributed by atoms with van der Waals surface area (Å²) in [4.78, 5) is 21.8. The summed E-state index contributed by atoms with van der Waals surface area (Å²) in [6.07, 6.45) is 5.34. The first-order valence-corrected chi connectivity index (χ1v) is 13.4. The van der Waals surface area contributed by atoms with Gasteiger partial charge in [0.05, 0.1) is 18.0 Å². The molecule has 0 saturated heterocycles. The Morgan fingerprint density at radius 1 is 0.927 bits per heavy atom. The van der Waals surface area contributed by atoms with Crippen LogP contribution in [0.2, 0.25) is 0 Å². The van der Waals surface area contributed by atoms with Gasteiger partial charge in [-0.15, -0.1) is 12.6 Å². The average molecular weight is 597 g/mol. The molecule has 0 bridgehead atoms. The summed E-state index contributed by atoms with van der Waals surface area (Å²) in [6.45, 7) is 5.61. The zero-order valence-corrected chi connectivity index (χ0v) is 23.7. The Morgan fingerprint density at radius 3 is 1.90 bits per heavy atom. The fourth-order valence-electron chi connectivity index (χ4n) is 4.31. The lowest BCUT2D eigenvalue weighted by molar-refractivity contribution is -0.123. The van der Waals surface area contributed by atoms with E-state index in [1.54, 1.807) is 0 Å². The maximum absolute atomic E-state index is 12.7. The van der Waals surface area contributed by atoms with Crippen LogP contribution in [0, 0.1) is 36.0 Å². The Morgan fingerprint density at radius 2 is 1.41 bits per heavy atom. The molecular formula is C30H33F5N2O3S. The Kier molecular flexibility index (Phi) is 13.8. The van der Waals surface area contributed by atoms with Gasteiger partial charge in [0.15, 0.2) is 23.3 Å². The molecule has 0 unspecified atom stereocenters. The number of aryl methyl sites for hydroxylation is 1. The Labute approximate surface area is 241 Å². The van der Waals surface area contributed by atoms with Crippen LogP contribution in [0.1, 0.15) is 55.2 Å². The highest BCUT2D eigenvalue weighted by molar-refractivity contribution is 7.80. The highest BCUT2D eigenvalue weighted by Crippen LogP contribution is 2.34. The van der Waals surface area contributed by atoms with Gasteiger partial charge in [0.2, 0.25) is 11.7 Å². The molecule has 0 heterocycles. The molecule has 1 aliphatic rings. The third-order valence-electron chi connectivity index (χ3n) is 6.51. The number of halogens is 5. The van der Waals surface area contributed by atoms with E-state index in [9.17, 15) is 26.7 Å². The van der Waals surface area contributed by atoms with Crippen molar-refractivity contribution in [3.63, 3.8) is 0 Å². The molecule has 1 saturated carbocycles. The second kappa shape index (κ2) is 16.7. The van der Waals surface area contributed by atoms with Gasteiger partial charge in [-0.25, -0.2) is 22.0 Å². The molecule has 0 radical (unpaired) electrons. The summed E-state index contributed by atoms with van der Waals surface area (Å²) >= 11 is 3.10. The first kappa shape index (κ1) is 33.8. The Balaban J connectivity index is 0.000000327. The smallest absolute Gasteiger partial charge is 0.290 e. The van der Waals surface area contributed by atoms with E-state index < -0.39 is 34.0 Å². The summed E-state index contributed by atoms with van der Waals surface area (Å²) < 4.78 is 61.3. The van der Waals surface area contributed by atoms with Gasteiger partial charge in [0.25, 0.3) is 6.47 Å². The number of amides is 1. The Bertz CT molecular complexity index is 1180. The molecule has 0 spiro atoms. The number of likely N-dealkylation sites (N-methyl/N-ethyl adjacent to an activating group) is 1. The minimum atomic E-state index is -2.18. The number of carbonyl (C=O) groups is 2. The summed E-state index contributed by atoms with van der Waals surface area (Å²) in [7, 11) is 0. The number of nitrogens with one attached hydrogen (secondary N) is 1. The van der Waals surface area contributed by atoms with Crippen molar-refractivity contribution < 1.29 is 36.6 Å². The van der Waals surface area contributed by atoms with Crippen molar-refractivity contribution in [3.8, 4) is 0 Å². The van der Waals surface area contributed by atoms with Crippen LogP contribution in [0.15, 0.2) is 53.4 Å². The fraction of sp³-hybridized carbons (Fsp3) is 0.333. The predicted molar refractivity (Wildman–Crippen MR) is 151 cm³/mol. The molecule has 11 heteroatoms. The highest BCUT2D eigenvalue weighted by Gasteiger charge is 2.23. The summed E-state index contributed by atoms with van der Waals surface area (Å²) in [5, 5.41) is 10.0. The molecule has 0 aliphatic heterocycles. The number of carbonyl (C=O) groups excluding carboxylic acids is 1. The van der Waals surface area contributed by atoms with Gasteiger partial charge >= 0.3 is 0 Å². The fourth-order valence-corrected chi connectivity index (χ4v) is 4.50. The molecule has 4 rings (SSSR count). The molecule has 1 amide bonds. The van der Waals surface area contributed by atoms with Crippen molar-refractivity contribution in [2.45, 2.75) is 56.9 Å². The van der Waals surface area contributed by atoms with Gasteiger partial charge in [0.1, 0.15) is 0 Å². The molecule has 2 N–H and O–H groups in total. The normalized spacial score (nSPS) is 12.6. The molecule has 222 valence electrons. The van der Waals surface area contributed by atoms with Gasteiger partial charge in [-0.3, -0.25) is 9.59 Å². The minimum Gasteiger partial charge on any atom is -0.483 e. The first-order chi connectivity index (χ1) is 19.5. The monoisotopic (exact) mass is 596 g/mol. The molecule has 0 atom stereocenters. The van der Waals surface area contributed by atoms with Crippen LogP contribution in [-0.4, -0.2) is 30.6 Å². The van der Waals surface area contributed by atoms with Gasteiger partial charge in [-0.1, -0.05) is 61.7 Å². The van der Waals surface area contributed by atoms with Gasteiger partial charge in [-0.05, 0) is 55.5 Å². The van der Waals surface area contributed by atoms with Crippen molar-refractivity contribution in [3.05, 3.63) is 94.3 Å². The number of rotatable bonds is 7. The van der Waals surface area contributed by atoms with Crippen LogP contribution in [-0.2, 0) is 16.1 Å². The zero-order chi connectivity index (χ0) is 30.5. The third-order valence-corrected chi connectivity index (χ3v) is 6.90. The van der Waals surface area contributed by atoms with E-state index in [0.29, 0.717) is 13.1 Å². The zero-order valence-electron chi connectivity index (χ0n) is 22.8. The van der Waals surface area contributed by atoms with Crippen LogP contribution in [0.5, 0.6) is 0 Å². The molecule has 0 aromatic heterocycles. The first-order valence-electron chi connectivity index (χ1n) is 13.0. The van der Waals surface area contributed by atoms with Crippen molar-refractivity contribution in [1.82, 2.24) is 5.32 Å². The van der Waals surface area contributed by atoms with E-state index >= 15 is 0 Å². The number of nitrogens with zero attached hydrogens (tertiary/aromatic N) is 1. The highest BCUT2D eigenvalue weighted by atomic mass is 32.1. The van der Waals surface area contributed by atoms with Crippen LogP contribution in [0.4, 0.5) is 27.6 Å². The molecule has 3 aromatic carbocycles. The maximum Gasteiger partial charge on any atom is 0.290 e. The average Bonchev–Trinajstić information content (AvgIpc) is 3.52. The van der Waals surface area contributed by atoms with Gasteiger partial charge in [-0.2, -0.15) is 0 Å². The molecule has 3 aromatic rings. The van der Waals surface area contributed by atoms with E-state index in [1.165, 1.54) is 42.4 Å². The van der Waals surface area contributed by atoms with Crippen molar-refractivity contribution >= 4 is 30.7 Å². The summed E-state index contributed by atoms with van der Waals surface area (Å²) in [5.41, 5.74) is 4.79. The molecule has 1 aliphatic carbocycles. The van der Waals surface area contributed by atoms with Crippen LogP contribution in [0.25, 0.3) is 0 Å². The lowest BCUT2D eigenvalue weighted by Crippen LogP contribution is -2.37. The van der Waals surface area contributed by atoms with Crippen molar-refractivity contribution in [2.24, 2.45) is 0 Å². The number of thiol groups is 1. The molecular weight excluding hydrogens is 563 g/mol. The number of benzene rings is 3. The van der Waals surface area contributed by atoms with Crippen LogP contribution >= 0.6 is 12.6 Å². The standard InChI is InChI=1S/C23H30N2O.C6HF5S.CH2O2/c1-3-24-16-23(26)25(22-14-8-18(2)9-15-22)17-19-10-12-21(13-11-19)20-6-4-5-7-20;7-1-2(8)4(10)6(12)5(11)3(1)9;2-1-3/h8-15,20,24H,3-7,16-17H2,1-2H3;12H;1H,(H,2,3). The number of hydrogen-bond acceptors (Lipinski definition) is 4. The maximum atomic E-state index is 12.7. The second-order valence-electron chi connectivity index (χ2n) is 9.34. The minimum absolute atomic E-state index is 0.107. The van der Waals surface area contributed by atoms with E-state index in [0.717, 1.165) is 18.2 Å². The number of hydrogen-bond donors (Lipinski definition) is 3. The van der Waals surface area contributed by atoms with Crippen molar-refractivity contribution in [1.29, 1.82) is 0 Å². The molecule has 1 fully saturated rings. The second-order valence-corrected chi connectivity index (χ2v) is 9.79. The number of anilines is 1. The van der Waals surface area contributed by atoms with E-state index in [4.69, 9.17) is 9.90 Å². The van der Waals surface area contributed by atoms with Crippen molar-refractivity contribution in [2.75, 3.05) is 18.0 Å². The lowest BCUT2D eigenvalue weighted by Gasteiger charge is -2.24. The SMILES string of the molecule is CCNCC(=O)N(Cc1ccc(C2CCCC2)cc1)c1ccc(C)cc1.Fc1c(F)c(F)c(S)c(F)c1F.O=CO. The quantitative estimate of drug-likeness (QED) is 0.0890. The molecule has 5 nitrogen and oxygen atoms in total. The molecule has 41 heavy (non-hydrogen) atoms.